The third-order valence-corrected chi connectivity index (χ3v) is 5.92. The SMILES string of the molecule is CCOC(=O)c1cc(C)sc1NC(=O)CSc1nnc(C)n1-c1ccc(C)cc1. The molecular formula is C20H22N4O3S2. The Morgan fingerprint density at radius 2 is 1.90 bits per heavy atom. The summed E-state index contributed by atoms with van der Waals surface area (Å²) in [6.45, 7) is 7.81. The molecule has 1 N–H and O–H groups in total. The number of ether oxygens (including phenoxy) is 1. The predicted octanol–water partition coefficient (Wildman–Crippen LogP) is 4.16. The van der Waals surface area contributed by atoms with Crippen molar-refractivity contribution in [3.8, 4) is 5.69 Å². The van der Waals surface area contributed by atoms with Crippen LogP contribution in [0.3, 0.4) is 0 Å². The number of benzene rings is 1. The van der Waals surface area contributed by atoms with Gasteiger partial charge in [-0.2, -0.15) is 0 Å². The van der Waals surface area contributed by atoms with Gasteiger partial charge < -0.3 is 10.1 Å². The topological polar surface area (TPSA) is 86.1 Å². The molecule has 0 saturated heterocycles. The zero-order valence-electron chi connectivity index (χ0n) is 16.7. The standard InChI is InChI=1S/C20H22N4O3S2/c1-5-27-19(26)16-10-13(3)29-18(16)21-17(25)11-28-20-23-22-14(4)24(20)15-8-6-12(2)7-9-15/h6-10H,5,11H2,1-4H3,(H,21,25). The summed E-state index contributed by atoms with van der Waals surface area (Å²) < 4.78 is 6.97. The molecule has 3 aromatic rings. The Hall–Kier alpha value is -2.65. The zero-order chi connectivity index (χ0) is 21.0. The second kappa shape index (κ2) is 9.23. The second-order valence-corrected chi connectivity index (χ2v) is 8.56. The lowest BCUT2D eigenvalue weighted by molar-refractivity contribution is -0.113. The Morgan fingerprint density at radius 3 is 2.59 bits per heavy atom. The van der Waals surface area contributed by atoms with Crippen molar-refractivity contribution in [3.63, 3.8) is 0 Å². The number of hydrogen-bond donors (Lipinski definition) is 1. The zero-order valence-corrected chi connectivity index (χ0v) is 18.3. The van der Waals surface area contributed by atoms with E-state index in [1.165, 1.54) is 23.1 Å². The van der Waals surface area contributed by atoms with Gasteiger partial charge in [0.25, 0.3) is 0 Å². The van der Waals surface area contributed by atoms with Crippen molar-refractivity contribution in [1.82, 2.24) is 14.8 Å². The molecule has 0 bridgehead atoms. The molecule has 0 aliphatic rings. The van der Waals surface area contributed by atoms with Crippen LogP contribution in [0.4, 0.5) is 5.00 Å². The van der Waals surface area contributed by atoms with Crippen LogP contribution in [0, 0.1) is 20.8 Å². The fraction of sp³-hybridized carbons (Fsp3) is 0.300. The van der Waals surface area contributed by atoms with Gasteiger partial charge in [-0.3, -0.25) is 9.36 Å². The molecule has 0 aliphatic heterocycles. The molecule has 0 saturated carbocycles. The summed E-state index contributed by atoms with van der Waals surface area (Å²) in [7, 11) is 0. The van der Waals surface area contributed by atoms with Gasteiger partial charge in [0.1, 0.15) is 10.8 Å². The van der Waals surface area contributed by atoms with Crippen molar-refractivity contribution in [2.45, 2.75) is 32.9 Å². The number of amides is 1. The Balaban J connectivity index is 1.70. The summed E-state index contributed by atoms with van der Waals surface area (Å²) in [5.41, 5.74) is 2.49. The van der Waals surface area contributed by atoms with Crippen LogP contribution < -0.4 is 5.32 Å². The molecule has 0 fully saturated rings. The molecule has 0 atom stereocenters. The largest absolute Gasteiger partial charge is 0.462 e. The van der Waals surface area contributed by atoms with Gasteiger partial charge in [-0.15, -0.1) is 21.5 Å². The Labute approximate surface area is 177 Å². The van der Waals surface area contributed by atoms with Crippen LogP contribution in [-0.4, -0.2) is 39.0 Å². The fourth-order valence-corrected chi connectivity index (χ4v) is 4.40. The number of aromatic nitrogens is 3. The van der Waals surface area contributed by atoms with E-state index in [1.54, 1.807) is 13.0 Å². The maximum Gasteiger partial charge on any atom is 0.341 e. The third-order valence-electron chi connectivity index (χ3n) is 4.02. The van der Waals surface area contributed by atoms with Gasteiger partial charge in [0.05, 0.1) is 17.9 Å². The van der Waals surface area contributed by atoms with E-state index in [2.05, 4.69) is 15.5 Å². The number of anilines is 1. The lowest BCUT2D eigenvalue weighted by Crippen LogP contribution is -2.16. The van der Waals surface area contributed by atoms with Crippen LogP contribution in [0.2, 0.25) is 0 Å². The second-order valence-electron chi connectivity index (χ2n) is 6.36. The molecule has 29 heavy (non-hydrogen) atoms. The molecule has 1 amide bonds. The summed E-state index contributed by atoms with van der Waals surface area (Å²) >= 11 is 2.64. The molecule has 3 rings (SSSR count). The molecule has 2 aromatic heterocycles. The number of carbonyl (C=O) groups is 2. The Morgan fingerprint density at radius 1 is 1.17 bits per heavy atom. The molecule has 2 heterocycles. The van der Waals surface area contributed by atoms with E-state index in [-0.39, 0.29) is 18.3 Å². The van der Waals surface area contributed by atoms with Gasteiger partial charge in [0.2, 0.25) is 5.91 Å². The first-order chi connectivity index (χ1) is 13.9. The first kappa shape index (κ1) is 21.1. The lowest BCUT2D eigenvalue weighted by atomic mass is 10.2. The summed E-state index contributed by atoms with van der Waals surface area (Å²) in [6.07, 6.45) is 0. The number of nitrogens with one attached hydrogen (secondary N) is 1. The van der Waals surface area contributed by atoms with E-state index in [4.69, 9.17) is 4.74 Å². The number of esters is 1. The minimum absolute atomic E-state index is 0.142. The number of rotatable bonds is 7. The summed E-state index contributed by atoms with van der Waals surface area (Å²) in [5.74, 6) is 0.228. The van der Waals surface area contributed by atoms with Gasteiger partial charge in [-0.25, -0.2) is 4.79 Å². The van der Waals surface area contributed by atoms with E-state index in [1.807, 2.05) is 49.6 Å². The van der Waals surface area contributed by atoms with E-state index >= 15 is 0 Å². The minimum Gasteiger partial charge on any atom is -0.462 e. The van der Waals surface area contributed by atoms with Crippen molar-refractivity contribution >= 4 is 40.0 Å². The molecule has 7 nitrogen and oxygen atoms in total. The Bertz CT molecular complexity index is 1030. The van der Waals surface area contributed by atoms with Crippen LogP contribution in [0.15, 0.2) is 35.5 Å². The van der Waals surface area contributed by atoms with Crippen LogP contribution in [0.5, 0.6) is 0 Å². The Kier molecular flexibility index (Phi) is 6.71. The van der Waals surface area contributed by atoms with Crippen molar-refractivity contribution < 1.29 is 14.3 Å². The van der Waals surface area contributed by atoms with Crippen molar-refractivity contribution in [2.24, 2.45) is 0 Å². The summed E-state index contributed by atoms with van der Waals surface area (Å²) in [5, 5.41) is 12.3. The molecule has 0 unspecified atom stereocenters. The number of carbonyl (C=O) groups excluding carboxylic acids is 2. The number of aryl methyl sites for hydroxylation is 3. The third kappa shape index (κ3) is 5.04. The molecule has 0 spiro atoms. The fourth-order valence-electron chi connectivity index (χ4n) is 2.69. The highest BCUT2D eigenvalue weighted by molar-refractivity contribution is 7.99. The maximum absolute atomic E-state index is 12.5. The highest BCUT2D eigenvalue weighted by Gasteiger charge is 2.19. The molecular weight excluding hydrogens is 408 g/mol. The number of hydrogen-bond acceptors (Lipinski definition) is 7. The van der Waals surface area contributed by atoms with E-state index in [0.717, 1.165) is 22.0 Å². The van der Waals surface area contributed by atoms with Gasteiger partial charge in [0, 0.05) is 10.6 Å². The first-order valence-corrected chi connectivity index (χ1v) is 10.9. The maximum atomic E-state index is 12.5. The molecule has 0 aliphatic carbocycles. The normalized spacial score (nSPS) is 10.8. The van der Waals surface area contributed by atoms with Gasteiger partial charge in [0.15, 0.2) is 5.16 Å². The van der Waals surface area contributed by atoms with Crippen molar-refractivity contribution in [3.05, 3.63) is 52.2 Å². The summed E-state index contributed by atoms with van der Waals surface area (Å²) in [6, 6.07) is 9.76. The molecule has 152 valence electrons. The highest BCUT2D eigenvalue weighted by Crippen LogP contribution is 2.29. The quantitative estimate of drug-likeness (QED) is 0.447. The average molecular weight is 431 g/mol. The molecule has 1 aromatic carbocycles. The monoisotopic (exact) mass is 430 g/mol. The van der Waals surface area contributed by atoms with E-state index in [0.29, 0.717) is 15.7 Å². The van der Waals surface area contributed by atoms with Crippen molar-refractivity contribution in [1.29, 1.82) is 0 Å². The van der Waals surface area contributed by atoms with Crippen LogP contribution in [-0.2, 0) is 9.53 Å². The summed E-state index contributed by atoms with van der Waals surface area (Å²) in [4.78, 5) is 25.5. The smallest absolute Gasteiger partial charge is 0.341 e. The van der Waals surface area contributed by atoms with Crippen molar-refractivity contribution in [2.75, 3.05) is 17.7 Å². The number of thioether (sulfide) groups is 1. The van der Waals surface area contributed by atoms with Crippen LogP contribution in [0.1, 0.15) is 33.5 Å². The van der Waals surface area contributed by atoms with E-state index < -0.39 is 5.97 Å². The van der Waals surface area contributed by atoms with Crippen LogP contribution in [0.25, 0.3) is 5.69 Å². The first-order valence-electron chi connectivity index (χ1n) is 9.08. The molecule has 9 heteroatoms. The lowest BCUT2D eigenvalue weighted by Gasteiger charge is -2.09. The van der Waals surface area contributed by atoms with Gasteiger partial charge in [-0.05, 0) is 45.9 Å². The van der Waals surface area contributed by atoms with Gasteiger partial charge >= 0.3 is 5.97 Å². The predicted molar refractivity (Wildman–Crippen MR) is 115 cm³/mol. The highest BCUT2D eigenvalue weighted by atomic mass is 32.2. The molecule has 0 radical (unpaired) electrons. The average Bonchev–Trinajstić information content (AvgIpc) is 3.23. The number of nitrogens with zero attached hydrogens (tertiary/aromatic N) is 3. The number of thiophene rings is 1. The van der Waals surface area contributed by atoms with Gasteiger partial charge in [-0.1, -0.05) is 29.5 Å². The van der Waals surface area contributed by atoms with Crippen LogP contribution >= 0.6 is 23.1 Å². The minimum atomic E-state index is -0.436. The van der Waals surface area contributed by atoms with E-state index in [9.17, 15) is 9.59 Å².